The molecule has 9 heteroatoms. The molecule has 1 aliphatic heterocycles. The van der Waals surface area contributed by atoms with E-state index >= 15 is 0 Å². The second-order valence-electron chi connectivity index (χ2n) is 9.16. The van der Waals surface area contributed by atoms with Crippen LogP contribution >= 0.6 is 0 Å². The molecule has 0 saturated carbocycles. The Morgan fingerprint density at radius 3 is 2.25 bits per heavy atom. The first-order chi connectivity index (χ1) is 21.3. The van der Waals surface area contributed by atoms with Crippen molar-refractivity contribution >= 4 is 34.9 Å². The maximum absolute atomic E-state index is 12.1. The molecule has 244 valence electrons. The van der Waals surface area contributed by atoms with Gasteiger partial charge in [0.1, 0.15) is 11.6 Å². The second kappa shape index (κ2) is 24.3. The van der Waals surface area contributed by atoms with Crippen LogP contribution in [0.5, 0.6) is 0 Å². The first-order valence-electron chi connectivity index (χ1n) is 15.7. The van der Waals surface area contributed by atoms with E-state index in [4.69, 9.17) is 21.9 Å². The molecule has 3 aromatic rings. The molecule has 8 nitrogen and oxygen atoms in total. The number of anilines is 4. The smallest absolute Gasteiger partial charge is 0.222 e. The van der Waals surface area contributed by atoms with Gasteiger partial charge in [0.25, 0.3) is 0 Å². The van der Waals surface area contributed by atoms with Crippen molar-refractivity contribution in [3.63, 3.8) is 0 Å². The topological polar surface area (TPSA) is 141 Å². The average Bonchev–Trinajstić information content (AvgIpc) is 3.03. The first kappa shape index (κ1) is 39.9. The van der Waals surface area contributed by atoms with Gasteiger partial charge in [0, 0.05) is 54.1 Å². The van der Waals surface area contributed by atoms with E-state index in [1.54, 1.807) is 18.3 Å². The first-order valence-corrected chi connectivity index (χ1v) is 15.7. The lowest BCUT2D eigenvalue weighted by atomic mass is 10.0. The highest BCUT2D eigenvalue weighted by molar-refractivity contribution is 5.76. The molecule has 1 aliphatic rings. The highest BCUT2D eigenvalue weighted by Gasteiger charge is 2.14. The third-order valence-electron chi connectivity index (χ3n) is 5.94. The van der Waals surface area contributed by atoms with Crippen LogP contribution in [0.25, 0.3) is 6.08 Å². The van der Waals surface area contributed by atoms with Gasteiger partial charge in [-0.1, -0.05) is 71.9 Å². The number of nitrogens with zero attached hydrogens (tertiary/aromatic N) is 1. The highest BCUT2D eigenvalue weighted by Crippen LogP contribution is 2.29. The second-order valence-corrected chi connectivity index (χ2v) is 9.16. The number of rotatable bonds is 2. The third kappa shape index (κ3) is 15.9. The minimum absolute atomic E-state index is 0.0193. The third-order valence-corrected chi connectivity index (χ3v) is 5.94. The molecule has 44 heavy (non-hydrogen) atoms. The average molecular weight is 611 g/mol. The molecule has 0 radical (unpaired) electrons. The molecule has 4 rings (SSSR count). The number of nitrogens with one attached hydrogen (secondary N) is 2. The lowest BCUT2D eigenvalue weighted by Crippen LogP contribution is -2.34. The molecule has 0 saturated heterocycles. The van der Waals surface area contributed by atoms with E-state index in [0.29, 0.717) is 44.1 Å². The Labute approximate surface area is 264 Å². The molecule has 0 fully saturated rings. The summed E-state index contributed by atoms with van der Waals surface area (Å²) in [6.45, 7) is 15.7. The number of nitrogen functional groups attached to an aromatic ring is 3. The molecule has 1 atom stereocenters. The molecule has 0 spiro atoms. The van der Waals surface area contributed by atoms with Crippen molar-refractivity contribution in [2.45, 2.75) is 80.2 Å². The number of fused-ring (bicyclic) bond motifs is 1. The van der Waals surface area contributed by atoms with Gasteiger partial charge in [0.15, 0.2) is 0 Å². The van der Waals surface area contributed by atoms with E-state index in [0.717, 1.165) is 40.9 Å². The van der Waals surface area contributed by atoms with E-state index in [1.807, 2.05) is 72.7 Å². The summed E-state index contributed by atoms with van der Waals surface area (Å²) in [6, 6.07) is 13.7. The van der Waals surface area contributed by atoms with Gasteiger partial charge in [0.05, 0.1) is 18.9 Å². The van der Waals surface area contributed by atoms with E-state index < -0.39 is 0 Å². The van der Waals surface area contributed by atoms with Gasteiger partial charge in [-0.3, -0.25) is 4.79 Å². The number of carbonyl (C=O) groups excluding carboxylic acids is 1. The zero-order valence-electron chi connectivity index (χ0n) is 27.8. The number of hydrogen-bond acceptors (Lipinski definition) is 7. The van der Waals surface area contributed by atoms with Crippen LogP contribution < -0.4 is 27.8 Å². The Morgan fingerprint density at radius 2 is 1.64 bits per heavy atom. The zero-order valence-corrected chi connectivity index (χ0v) is 27.8. The fourth-order valence-corrected chi connectivity index (χ4v) is 3.91. The monoisotopic (exact) mass is 610 g/mol. The van der Waals surface area contributed by atoms with E-state index in [2.05, 4.69) is 27.8 Å². The van der Waals surface area contributed by atoms with Gasteiger partial charge >= 0.3 is 0 Å². The Kier molecular flexibility index (Phi) is 22.1. The van der Waals surface area contributed by atoms with E-state index in [-0.39, 0.29) is 17.8 Å². The minimum Gasteiger partial charge on any atom is -0.399 e. The molecule has 1 unspecified atom stereocenters. The van der Waals surface area contributed by atoms with Crippen LogP contribution in [-0.2, 0) is 16.0 Å². The van der Waals surface area contributed by atoms with Gasteiger partial charge in [0.2, 0.25) is 5.91 Å². The maximum Gasteiger partial charge on any atom is 0.222 e. The fraction of sp³-hybridized carbons (Fsp3) is 0.429. The summed E-state index contributed by atoms with van der Waals surface area (Å²) < 4.78 is 17.6. The summed E-state index contributed by atoms with van der Waals surface area (Å²) in [7, 11) is 0. The van der Waals surface area contributed by atoms with Crippen molar-refractivity contribution in [2.24, 2.45) is 0 Å². The van der Waals surface area contributed by atoms with Gasteiger partial charge < -0.3 is 32.6 Å². The Balaban J connectivity index is 0.00000111. The number of halogens is 1. The largest absolute Gasteiger partial charge is 0.399 e. The lowest BCUT2D eigenvalue weighted by molar-refractivity contribution is -0.122. The van der Waals surface area contributed by atoms with Crippen LogP contribution in [0.4, 0.5) is 27.3 Å². The summed E-state index contributed by atoms with van der Waals surface area (Å²) in [6.07, 6.45) is 8.50. The number of ether oxygens (including phenoxy) is 1. The molecular formula is C35H55FN6O2. The molecule has 8 N–H and O–H groups in total. The number of benzene rings is 2. The SMILES string of the molecule is CC.CC.CC.CC1CCNc2c(cnc(N)c2Cc2ccc(N)cc2)/C=C/CCOCCC(=O)N1.Nc1cccc(F)c1. The van der Waals surface area contributed by atoms with Crippen molar-refractivity contribution in [3.05, 3.63) is 83.3 Å². The van der Waals surface area contributed by atoms with E-state index in [1.165, 1.54) is 12.1 Å². The van der Waals surface area contributed by atoms with Crippen LogP contribution in [0, 0.1) is 5.82 Å². The number of carbonyl (C=O) groups is 1. The van der Waals surface area contributed by atoms with Gasteiger partial charge in [-0.25, -0.2) is 9.37 Å². The quantitative estimate of drug-likeness (QED) is 0.190. The van der Waals surface area contributed by atoms with E-state index in [9.17, 15) is 9.18 Å². The number of hydrogen-bond donors (Lipinski definition) is 5. The number of pyridine rings is 1. The normalized spacial score (nSPS) is 15.4. The predicted octanol–water partition coefficient (Wildman–Crippen LogP) is 7.45. The summed E-state index contributed by atoms with van der Waals surface area (Å²) in [5.74, 6) is 0.241. The van der Waals surface area contributed by atoms with Crippen LogP contribution in [0.2, 0.25) is 0 Å². The zero-order chi connectivity index (χ0) is 33.3. The molecule has 1 amide bonds. The highest BCUT2D eigenvalue weighted by atomic mass is 19.1. The van der Waals surface area contributed by atoms with Gasteiger partial charge in [-0.2, -0.15) is 0 Å². The van der Waals surface area contributed by atoms with Crippen molar-refractivity contribution in [3.8, 4) is 0 Å². The number of aromatic nitrogens is 1. The Morgan fingerprint density at radius 1 is 0.955 bits per heavy atom. The molecule has 2 aromatic carbocycles. The van der Waals surface area contributed by atoms with Gasteiger partial charge in [-0.15, -0.1) is 0 Å². The van der Waals surface area contributed by atoms with Crippen LogP contribution in [-0.4, -0.2) is 36.7 Å². The van der Waals surface area contributed by atoms with Crippen molar-refractivity contribution in [1.82, 2.24) is 10.3 Å². The van der Waals surface area contributed by atoms with Crippen LogP contribution in [0.15, 0.2) is 60.8 Å². The van der Waals surface area contributed by atoms with Crippen molar-refractivity contribution < 1.29 is 13.9 Å². The van der Waals surface area contributed by atoms with Crippen LogP contribution in [0.3, 0.4) is 0 Å². The summed E-state index contributed by atoms with van der Waals surface area (Å²) in [5.41, 5.74) is 22.5. The van der Waals surface area contributed by atoms with Crippen LogP contribution in [0.1, 0.15) is 84.4 Å². The van der Waals surface area contributed by atoms with Crippen molar-refractivity contribution in [1.29, 1.82) is 0 Å². The standard InChI is InChI=1S/C23H31N5O2.C6H6FN.3C2H6/c1-16-9-11-26-22-18(4-2-3-12-30-13-10-21(29)28-16)15-27-23(25)20(22)14-17-5-7-19(24)8-6-17;7-5-2-1-3-6(8)4-5;3*1-2/h2,4-8,15-16,26H,3,9-14,24H2,1H3,(H2,25,27)(H,28,29);1-4H,8H2;3*1-2H3/b4-2+;;;;. The number of nitrogens with two attached hydrogens (primary N) is 3. The predicted molar refractivity (Wildman–Crippen MR) is 187 cm³/mol. The molecular weight excluding hydrogens is 555 g/mol. The van der Waals surface area contributed by atoms with Crippen molar-refractivity contribution in [2.75, 3.05) is 42.3 Å². The molecule has 2 heterocycles. The maximum atomic E-state index is 12.1. The molecule has 0 bridgehead atoms. The molecule has 0 aliphatic carbocycles. The minimum atomic E-state index is -0.287. The Bertz CT molecular complexity index is 1200. The molecule has 1 aromatic heterocycles. The number of amides is 1. The summed E-state index contributed by atoms with van der Waals surface area (Å²) >= 11 is 0. The summed E-state index contributed by atoms with van der Waals surface area (Å²) in [5, 5.41) is 6.56. The Hall–Kier alpha value is -4.11. The van der Waals surface area contributed by atoms with Gasteiger partial charge in [-0.05, 0) is 55.7 Å². The lowest BCUT2D eigenvalue weighted by Gasteiger charge is -2.19. The fourth-order valence-electron chi connectivity index (χ4n) is 3.91. The summed E-state index contributed by atoms with van der Waals surface area (Å²) in [4.78, 5) is 16.4.